The maximum absolute atomic E-state index is 12.7. The second-order valence-electron chi connectivity index (χ2n) is 6.12. The fraction of sp³-hybridized carbons (Fsp3) is 0.200. The third-order valence-corrected chi connectivity index (χ3v) is 3.77. The topological polar surface area (TPSA) is 64.9 Å². The van der Waals surface area contributed by atoms with Gasteiger partial charge >= 0.3 is 6.18 Å². The van der Waals surface area contributed by atoms with E-state index < -0.39 is 17.6 Å². The van der Waals surface area contributed by atoms with Crippen molar-refractivity contribution >= 4 is 17.3 Å². The molecule has 2 N–H and O–H groups in total. The minimum Gasteiger partial charge on any atom is -0.360 e. The molecule has 0 saturated heterocycles. The summed E-state index contributed by atoms with van der Waals surface area (Å²) in [6.45, 7) is 4.09. The third-order valence-electron chi connectivity index (χ3n) is 3.77. The molecule has 1 amide bonds. The smallest absolute Gasteiger partial charge is 0.360 e. The van der Waals surface area contributed by atoms with Crippen LogP contribution in [0.5, 0.6) is 0 Å². The van der Waals surface area contributed by atoms with Crippen LogP contribution >= 0.6 is 0 Å². The standard InChI is InChI=1S/C20H18F3N3O/c1-13(2)14-6-8-17(9-7-14)26-19(27)15(11-24)12-25-18-5-3-4-16(10-18)20(21,22)23/h3-10,12-13,25H,1-2H3,(H,26,27)/b15-12-. The SMILES string of the molecule is CC(C)c1ccc(NC(=O)/C(C#N)=C\Nc2cccc(C(F)(F)F)c2)cc1. The largest absolute Gasteiger partial charge is 0.416 e. The molecule has 2 rings (SSSR count). The summed E-state index contributed by atoms with van der Waals surface area (Å²) in [7, 11) is 0. The van der Waals surface area contributed by atoms with Crippen molar-refractivity contribution in [3.8, 4) is 6.07 Å². The maximum atomic E-state index is 12.7. The van der Waals surface area contributed by atoms with Gasteiger partial charge in [0.1, 0.15) is 11.6 Å². The van der Waals surface area contributed by atoms with Gasteiger partial charge in [0.25, 0.3) is 5.91 Å². The summed E-state index contributed by atoms with van der Waals surface area (Å²) < 4.78 is 38.2. The van der Waals surface area contributed by atoms with Gasteiger partial charge in [-0.3, -0.25) is 4.79 Å². The molecule has 0 aromatic heterocycles. The molecule has 0 atom stereocenters. The van der Waals surface area contributed by atoms with Crippen LogP contribution in [0.3, 0.4) is 0 Å². The van der Waals surface area contributed by atoms with Crippen LogP contribution in [0.2, 0.25) is 0 Å². The lowest BCUT2D eigenvalue weighted by molar-refractivity contribution is -0.137. The Bertz CT molecular complexity index is 879. The molecule has 27 heavy (non-hydrogen) atoms. The van der Waals surface area contributed by atoms with Crippen molar-refractivity contribution in [1.82, 2.24) is 0 Å². The number of carbonyl (C=O) groups is 1. The van der Waals surface area contributed by atoms with Crippen LogP contribution in [0.4, 0.5) is 24.5 Å². The average Bonchev–Trinajstić information content (AvgIpc) is 2.62. The highest BCUT2D eigenvalue weighted by atomic mass is 19.4. The van der Waals surface area contributed by atoms with Crippen LogP contribution < -0.4 is 10.6 Å². The predicted octanol–water partition coefficient (Wildman–Crippen LogP) is 5.29. The fourth-order valence-corrected chi connectivity index (χ4v) is 2.24. The van der Waals surface area contributed by atoms with Crippen molar-refractivity contribution < 1.29 is 18.0 Å². The van der Waals surface area contributed by atoms with Gasteiger partial charge < -0.3 is 10.6 Å². The van der Waals surface area contributed by atoms with Gasteiger partial charge in [0.15, 0.2) is 0 Å². The molecule has 2 aromatic rings. The molecule has 0 aliphatic rings. The van der Waals surface area contributed by atoms with Crippen molar-refractivity contribution in [2.24, 2.45) is 0 Å². The highest BCUT2D eigenvalue weighted by molar-refractivity contribution is 6.06. The monoisotopic (exact) mass is 373 g/mol. The summed E-state index contributed by atoms with van der Waals surface area (Å²) in [5, 5.41) is 14.3. The number of hydrogen-bond donors (Lipinski definition) is 2. The second-order valence-corrected chi connectivity index (χ2v) is 6.12. The van der Waals surface area contributed by atoms with Gasteiger partial charge in [-0.2, -0.15) is 18.4 Å². The van der Waals surface area contributed by atoms with E-state index in [2.05, 4.69) is 10.6 Å². The van der Waals surface area contributed by atoms with Crippen LogP contribution in [0, 0.1) is 11.3 Å². The van der Waals surface area contributed by atoms with E-state index in [4.69, 9.17) is 5.26 Å². The summed E-state index contributed by atoms with van der Waals surface area (Å²) in [4.78, 5) is 12.2. The molecule has 0 unspecified atom stereocenters. The lowest BCUT2D eigenvalue weighted by Crippen LogP contribution is -2.14. The third kappa shape index (κ3) is 5.61. The Morgan fingerprint density at radius 1 is 1.11 bits per heavy atom. The summed E-state index contributed by atoms with van der Waals surface area (Å²) in [6, 6.07) is 13.4. The zero-order valence-electron chi connectivity index (χ0n) is 14.8. The predicted molar refractivity (Wildman–Crippen MR) is 97.9 cm³/mol. The molecule has 140 valence electrons. The molecular weight excluding hydrogens is 355 g/mol. The minimum absolute atomic E-state index is 0.117. The number of nitrogens with one attached hydrogen (secondary N) is 2. The number of anilines is 2. The summed E-state index contributed by atoms with van der Waals surface area (Å²) in [6.07, 6.45) is -3.40. The maximum Gasteiger partial charge on any atom is 0.416 e. The van der Waals surface area contributed by atoms with E-state index in [9.17, 15) is 18.0 Å². The van der Waals surface area contributed by atoms with Crippen LogP contribution in [0.25, 0.3) is 0 Å². The highest BCUT2D eigenvalue weighted by Gasteiger charge is 2.30. The highest BCUT2D eigenvalue weighted by Crippen LogP contribution is 2.30. The Morgan fingerprint density at radius 2 is 1.78 bits per heavy atom. The molecule has 4 nitrogen and oxygen atoms in total. The number of rotatable bonds is 5. The van der Waals surface area contributed by atoms with E-state index in [1.165, 1.54) is 12.1 Å². The molecule has 0 heterocycles. The number of amides is 1. The van der Waals surface area contributed by atoms with Crippen LogP contribution in [0.15, 0.2) is 60.3 Å². The zero-order valence-corrected chi connectivity index (χ0v) is 14.8. The number of benzene rings is 2. The van der Waals surface area contributed by atoms with Gasteiger partial charge in [-0.25, -0.2) is 0 Å². The van der Waals surface area contributed by atoms with Gasteiger partial charge in [0.2, 0.25) is 0 Å². The number of nitriles is 1. The van der Waals surface area contributed by atoms with E-state index in [-0.39, 0.29) is 11.3 Å². The zero-order chi connectivity index (χ0) is 20.0. The first kappa shape index (κ1) is 20.0. The molecule has 0 aliphatic carbocycles. The number of alkyl halides is 3. The van der Waals surface area contributed by atoms with Gasteiger partial charge in [-0.1, -0.05) is 32.0 Å². The quantitative estimate of drug-likeness (QED) is 0.553. The minimum atomic E-state index is -4.47. The summed E-state index contributed by atoms with van der Waals surface area (Å²) >= 11 is 0. The van der Waals surface area contributed by atoms with Crippen LogP contribution in [0.1, 0.15) is 30.9 Å². The molecule has 0 fully saturated rings. The van der Waals surface area contributed by atoms with E-state index in [0.717, 1.165) is 23.9 Å². The number of hydrogen-bond acceptors (Lipinski definition) is 3. The summed E-state index contributed by atoms with van der Waals surface area (Å²) in [5.41, 5.74) is 0.654. The molecule has 0 spiro atoms. The molecule has 7 heteroatoms. The van der Waals surface area contributed by atoms with E-state index in [0.29, 0.717) is 11.6 Å². The normalized spacial score (nSPS) is 11.8. The molecule has 0 saturated carbocycles. The first-order chi connectivity index (χ1) is 12.7. The van der Waals surface area contributed by atoms with Gasteiger partial charge in [0, 0.05) is 17.6 Å². The van der Waals surface area contributed by atoms with Crippen molar-refractivity contribution in [3.05, 3.63) is 71.4 Å². The number of carbonyl (C=O) groups excluding carboxylic acids is 1. The molecule has 0 radical (unpaired) electrons. The lowest BCUT2D eigenvalue weighted by atomic mass is 10.0. The van der Waals surface area contributed by atoms with Crippen LogP contribution in [-0.2, 0) is 11.0 Å². The van der Waals surface area contributed by atoms with E-state index in [1.54, 1.807) is 18.2 Å². The Balaban J connectivity index is 2.09. The molecule has 0 bridgehead atoms. The van der Waals surface area contributed by atoms with Crippen LogP contribution in [-0.4, -0.2) is 5.91 Å². The molecule has 0 aliphatic heterocycles. The molecule has 2 aromatic carbocycles. The second kappa shape index (κ2) is 8.41. The molecular formula is C20H18F3N3O. The van der Waals surface area contributed by atoms with Gasteiger partial charge in [0.05, 0.1) is 5.56 Å². The van der Waals surface area contributed by atoms with Crippen molar-refractivity contribution in [1.29, 1.82) is 5.26 Å². The van der Waals surface area contributed by atoms with E-state index in [1.807, 2.05) is 26.0 Å². The first-order valence-corrected chi connectivity index (χ1v) is 8.16. The van der Waals surface area contributed by atoms with Gasteiger partial charge in [-0.15, -0.1) is 0 Å². The first-order valence-electron chi connectivity index (χ1n) is 8.16. The van der Waals surface area contributed by atoms with Gasteiger partial charge in [-0.05, 0) is 41.8 Å². The Labute approximate surface area is 155 Å². The lowest BCUT2D eigenvalue weighted by Gasteiger charge is -2.09. The number of nitrogens with zero attached hydrogens (tertiary/aromatic N) is 1. The van der Waals surface area contributed by atoms with Crippen molar-refractivity contribution in [2.45, 2.75) is 25.9 Å². The summed E-state index contributed by atoms with van der Waals surface area (Å²) in [5.74, 6) is -0.310. The van der Waals surface area contributed by atoms with Crippen molar-refractivity contribution in [3.63, 3.8) is 0 Å². The Kier molecular flexibility index (Phi) is 6.24. The number of halogens is 3. The Morgan fingerprint density at radius 3 is 2.33 bits per heavy atom. The average molecular weight is 373 g/mol. The Hall–Kier alpha value is -3.27. The van der Waals surface area contributed by atoms with E-state index >= 15 is 0 Å². The van der Waals surface area contributed by atoms with Crippen molar-refractivity contribution in [2.75, 3.05) is 10.6 Å². The fourth-order valence-electron chi connectivity index (χ4n) is 2.24.